The molecule has 1 aliphatic carbocycles. The molecule has 0 aromatic carbocycles. The van der Waals surface area contributed by atoms with Crippen molar-refractivity contribution < 1.29 is 9.59 Å². The minimum Gasteiger partial charge on any atom is -0.343 e. The number of carbonyl (C=O) groups is 2. The van der Waals surface area contributed by atoms with Gasteiger partial charge < -0.3 is 10.2 Å². The van der Waals surface area contributed by atoms with Crippen LogP contribution in [0.3, 0.4) is 0 Å². The van der Waals surface area contributed by atoms with E-state index in [0.717, 1.165) is 25.7 Å². The van der Waals surface area contributed by atoms with Crippen LogP contribution in [-0.4, -0.2) is 34.8 Å². The van der Waals surface area contributed by atoms with Crippen LogP contribution in [0, 0.1) is 11.8 Å². The van der Waals surface area contributed by atoms with Crippen LogP contribution < -0.4 is 5.32 Å². The SMILES string of the molecule is CCCC1NC(=O)C(CC)N(C2CCC(C)C2C)C1=O. The molecular formula is C16H28N2O2. The molecule has 0 spiro atoms. The van der Waals surface area contributed by atoms with Crippen LogP contribution in [0.1, 0.15) is 59.8 Å². The Labute approximate surface area is 122 Å². The average Bonchev–Trinajstić information content (AvgIpc) is 2.74. The van der Waals surface area contributed by atoms with Crippen LogP contribution in [0.5, 0.6) is 0 Å². The Bertz CT molecular complexity index is 383. The van der Waals surface area contributed by atoms with E-state index in [2.05, 4.69) is 26.1 Å². The predicted octanol–water partition coefficient (Wildman–Crippen LogP) is 2.33. The van der Waals surface area contributed by atoms with E-state index in [1.54, 1.807) is 0 Å². The van der Waals surface area contributed by atoms with E-state index >= 15 is 0 Å². The lowest BCUT2D eigenvalue weighted by Gasteiger charge is -2.43. The second-order valence-corrected chi connectivity index (χ2v) is 6.50. The minimum atomic E-state index is -0.307. The fraction of sp³-hybridized carbons (Fsp3) is 0.875. The van der Waals surface area contributed by atoms with Crippen LogP contribution in [0.2, 0.25) is 0 Å². The summed E-state index contributed by atoms with van der Waals surface area (Å²) >= 11 is 0. The van der Waals surface area contributed by atoms with Crippen molar-refractivity contribution in [3.8, 4) is 0 Å². The zero-order valence-corrected chi connectivity index (χ0v) is 13.2. The monoisotopic (exact) mass is 280 g/mol. The van der Waals surface area contributed by atoms with Gasteiger partial charge in [0, 0.05) is 6.04 Å². The maximum absolute atomic E-state index is 12.8. The largest absolute Gasteiger partial charge is 0.343 e. The summed E-state index contributed by atoms with van der Waals surface area (Å²) in [5, 5.41) is 2.92. The molecule has 1 saturated carbocycles. The second kappa shape index (κ2) is 6.15. The third kappa shape index (κ3) is 2.57. The van der Waals surface area contributed by atoms with E-state index in [0.29, 0.717) is 18.3 Å². The highest BCUT2D eigenvalue weighted by Crippen LogP contribution is 2.37. The first-order chi connectivity index (χ1) is 9.51. The number of hydrogen-bond donors (Lipinski definition) is 1. The summed E-state index contributed by atoms with van der Waals surface area (Å²) in [4.78, 5) is 27.0. The number of carbonyl (C=O) groups excluding carboxylic acids is 2. The lowest BCUT2D eigenvalue weighted by molar-refractivity contribution is -0.153. The van der Waals surface area contributed by atoms with Gasteiger partial charge in [0.25, 0.3) is 0 Å². The molecule has 0 bridgehead atoms. The van der Waals surface area contributed by atoms with Gasteiger partial charge in [-0.1, -0.05) is 34.1 Å². The third-order valence-electron chi connectivity index (χ3n) is 5.25. The molecule has 5 unspecified atom stereocenters. The first-order valence-electron chi connectivity index (χ1n) is 8.13. The van der Waals surface area contributed by atoms with Crippen molar-refractivity contribution in [2.24, 2.45) is 11.8 Å². The van der Waals surface area contributed by atoms with Gasteiger partial charge in [-0.2, -0.15) is 0 Å². The highest BCUT2D eigenvalue weighted by atomic mass is 16.2. The van der Waals surface area contributed by atoms with Gasteiger partial charge in [-0.25, -0.2) is 0 Å². The normalized spacial score (nSPS) is 38.2. The Morgan fingerprint density at radius 2 is 1.90 bits per heavy atom. The van der Waals surface area contributed by atoms with Crippen LogP contribution in [0.4, 0.5) is 0 Å². The number of nitrogens with one attached hydrogen (secondary N) is 1. The Morgan fingerprint density at radius 3 is 2.40 bits per heavy atom. The van der Waals surface area contributed by atoms with Gasteiger partial charge in [0.05, 0.1) is 0 Å². The van der Waals surface area contributed by atoms with Crippen molar-refractivity contribution in [2.45, 2.75) is 77.9 Å². The summed E-state index contributed by atoms with van der Waals surface area (Å²) in [6, 6.07) is -0.334. The van der Waals surface area contributed by atoms with Gasteiger partial charge in [-0.3, -0.25) is 9.59 Å². The average molecular weight is 280 g/mol. The molecule has 5 atom stereocenters. The minimum absolute atomic E-state index is 0.0392. The second-order valence-electron chi connectivity index (χ2n) is 6.50. The predicted molar refractivity (Wildman–Crippen MR) is 79.1 cm³/mol. The van der Waals surface area contributed by atoms with Crippen LogP contribution in [0.25, 0.3) is 0 Å². The number of nitrogens with zero attached hydrogens (tertiary/aromatic N) is 1. The summed E-state index contributed by atoms with van der Waals surface area (Å²) in [7, 11) is 0. The van der Waals surface area contributed by atoms with Crippen molar-refractivity contribution in [3.05, 3.63) is 0 Å². The molecule has 2 amide bonds. The van der Waals surface area contributed by atoms with Crippen LogP contribution in [-0.2, 0) is 9.59 Å². The summed E-state index contributed by atoms with van der Waals surface area (Å²) < 4.78 is 0. The molecule has 0 radical (unpaired) electrons. The number of piperazine rings is 1. The molecule has 2 aliphatic rings. The third-order valence-corrected chi connectivity index (χ3v) is 5.25. The quantitative estimate of drug-likeness (QED) is 0.859. The Hall–Kier alpha value is -1.06. The summed E-state index contributed by atoms with van der Waals surface area (Å²) in [5.41, 5.74) is 0. The molecule has 2 rings (SSSR count). The molecule has 2 fully saturated rings. The van der Waals surface area contributed by atoms with Gasteiger partial charge >= 0.3 is 0 Å². The standard InChI is InChI=1S/C16H28N2O2/c1-5-7-12-16(20)18(13(6-2)15(19)17-12)14-9-8-10(3)11(14)4/h10-14H,5-9H2,1-4H3,(H,17,19). The molecule has 1 aliphatic heterocycles. The van der Waals surface area contributed by atoms with Crippen molar-refractivity contribution in [1.29, 1.82) is 0 Å². The molecule has 4 nitrogen and oxygen atoms in total. The van der Waals surface area contributed by atoms with Crippen molar-refractivity contribution in [2.75, 3.05) is 0 Å². The molecule has 0 aromatic heterocycles. The van der Waals surface area contributed by atoms with Gasteiger partial charge in [0.1, 0.15) is 12.1 Å². The fourth-order valence-corrected chi connectivity index (χ4v) is 3.78. The first-order valence-corrected chi connectivity index (χ1v) is 8.13. The van der Waals surface area contributed by atoms with E-state index in [-0.39, 0.29) is 29.9 Å². The van der Waals surface area contributed by atoms with Crippen molar-refractivity contribution in [3.63, 3.8) is 0 Å². The molecule has 0 aromatic rings. The lowest BCUT2D eigenvalue weighted by Crippen LogP contribution is -2.66. The summed E-state index contributed by atoms with van der Waals surface area (Å²) in [6.07, 6.45) is 4.56. The van der Waals surface area contributed by atoms with Crippen molar-refractivity contribution >= 4 is 11.8 Å². The molecule has 1 saturated heterocycles. The van der Waals surface area contributed by atoms with Gasteiger partial charge in [-0.05, 0) is 37.5 Å². The molecule has 1 heterocycles. The summed E-state index contributed by atoms with van der Waals surface area (Å²) in [6.45, 7) is 8.52. The lowest BCUT2D eigenvalue weighted by atomic mass is 9.92. The number of hydrogen-bond acceptors (Lipinski definition) is 2. The highest BCUT2D eigenvalue weighted by Gasteiger charge is 2.46. The van der Waals surface area contributed by atoms with E-state index in [9.17, 15) is 9.59 Å². The molecule has 114 valence electrons. The molecule has 1 N–H and O–H groups in total. The van der Waals surface area contributed by atoms with Gasteiger partial charge in [0.2, 0.25) is 11.8 Å². The Kier molecular flexibility index (Phi) is 4.71. The molecular weight excluding hydrogens is 252 g/mol. The van der Waals surface area contributed by atoms with Crippen molar-refractivity contribution in [1.82, 2.24) is 10.2 Å². The van der Waals surface area contributed by atoms with E-state index in [1.165, 1.54) is 0 Å². The summed E-state index contributed by atoms with van der Waals surface area (Å²) in [5.74, 6) is 1.31. The van der Waals surface area contributed by atoms with E-state index in [4.69, 9.17) is 0 Å². The first kappa shape index (κ1) is 15.3. The highest BCUT2D eigenvalue weighted by molar-refractivity contribution is 5.97. The number of rotatable bonds is 4. The Balaban J connectivity index is 2.25. The van der Waals surface area contributed by atoms with E-state index < -0.39 is 0 Å². The maximum atomic E-state index is 12.8. The maximum Gasteiger partial charge on any atom is 0.246 e. The number of amides is 2. The topological polar surface area (TPSA) is 49.4 Å². The zero-order valence-electron chi connectivity index (χ0n) is 13.2. The fourth-order valence-electron chi connectivity index (χ4n) is 3.78. The molecule has 20 heavy (non-hydrogen) atoms. The van der Waals surface area contributed by atoms with Crippen LogP contribution in [0.15, 0.2) is 0 Å². The van der Waals surface area contributed by atoms with Crippen LogP contribution >= 0.6 is 0 Å². The van der Waals surface area contributed by atoms with E-state index in [1.807, 2.05) is 11.8 Å². The van der Waals surface area contributed by atoms with Gasteiger partial charge in [0.15, 0.2) is 0 Å². The molecule has 4 heteroatoms. The zero-order chi connectivity index (χ0) is 14.9. The Morgan fingerprint density at radius 1 is 1.20 bits per heavy atom. The van der Waals surface area contributed by atoms with Gasteiger partial charge in [-0.15, -0.1) is 0 Å². The smallest absolute Gasteiger partial charge is 0.246 e.